The fourth-order valence-corrected chi connectivity index (χ4v) is 4.75. The molecule has 3 heterocycles. The highest BCUT2D eigenvalue weighted by atomic mass is 35.5. The predicted octanol–water partition coefficient (Wildman–Crippen LogP) is 5.52. The quantitative estimate of drug-likeness (QED) is 0.541. The summed E-state index contributed by atoms with van der Waals surface area (Å²) < 4.78 is 6.24. The van der Waals surface area contributed by atoms with Crippen LogP contribution in [0.1, 0.15) is 24.8 Å². The molecule has 2 aliphatic heterocycles. The topological polar surface area (TPSA) is 42.4 Å². The first-order valence-corrected chi connectivity index (χ1v) is 10.7. The van der Waals surface area contributed by atoms with Gasteiger partial charge >= 0.3 is 0 Å². The van der Waals surface area contributed by atoms with Crippen LogP contribution in [0.25, 0.3) is 22.0 Å². The van der Waals surface area contributed by atoms with Crippen molar-refractivity contribution in [1.82, 2.24) is 9.88 Å². The third-order valence-electron chi connectivity index (χ3n) is 5.73. The normalized spacial score (nSPS) is 18.6. The lowest BCUT2D eigenvalue weighted by molar-refractivity contribution is -0.138. The molecule has 0 spiro atoms. The molecule has 5 rings (SSSR count). The maximum Gasteiger partial charge on any atom is 0.263 e. The number of fused-ring (bicyclic) bond motifs is 2. The number of piperidine rings is 1. The van der Waals surface area contributed by atoms with E-state index in [1.807, 2.05) is 41.3 Å². The Bertz CT molecular complexity index is 1110. The van der Waals surface area contributed by atoms with E-state index in [0.29, 0.717) is 16.5 Å². The average Bonchev–Trinajstić information content (AvgIpc) is 3.16. The van der Waals surface area contributed by atoms with Crippen LogP contribution in [0.4, 0.5) is 0 Å². The standard InChI is InChI=1S/C23H20Cl2N2O2/c24-15-4-5-20-18(12-15)17(6-7-26-20)19-13-16(25)10-14-11-21(29-22(14)19)23(28)27-8-2-1-3-9-27/h4-7,10,12-13,21H,1-3,8-9,11H2. The zero-order chi connectivity index (χ0) is 20.0. The number of nitrogens with zero attached hydrogens (tertiary/aromatic N) is 2. The van der Waals surface area contributed by atoms with Crippen LogP contribution >= 0.6 is 23.2 Å². The molecule has 148 valence electrons. The van der Waals surface area contributed by atoms with Gasteiger partial charge in [0.25, 0.3) is 5.91 Å². The number of pyridine rings is 1. The van der Waals surface area contributed by atoms with Gasteiger partial charge in [-0.1, -0.05) is 23.2 Å². The van der Waals surface area contributed by atoms with Gasteiger partial charge in [0.15, 0.2) is 6.10 Å². The summed E-state index contributed by atoms with van der Waals surface area (Å²) >= 11 is 12.7. The third kappa shape index (κ3) is 3.45. The van der Waals surface area contributed by atoms with Gasteiger partial charge < -0.3 is 9.64 Å². The Kier molecular flexibility index (Phi) is 4.84. The van der Waals surface area contributed by atoms with Crippen LogP contribution in [0.2, 0.25) is 10.0 Å². The van der Waals surface area contributed by atoms with Gasteiger partial charge in [-0.2, -0.15) is 0 Å². The molecule has 2 aromatic carbocycles. The summed E-state index contributed by atoms with van der Waals surface area (Å²) in [5.74, 6) is 0.808. The molecule has 4 nitrogen and oxygen atoms in total. The van der Waals surface area contributed by atoms with Crippen LogP contribution in [0.5, 0.6) is 5.75 Å². The third-order valence-corrected chi connectivity index (χ3v) is 6.19. The van der Waals surface area contributed by atoms with E-state index in [9.17, 15) is 4.79 Å². The van der Waals surface area contributed by atoms with Crippen LogP contribution in [-0.2, 0) is 11.2 Å². The molecule has 29 heavy (non-hydrogen) atoms. The van der Waals surface area contributed by atoms with E-state index < -0.39 is 6.10 Å². The second kappa shape index (κ2) is 7.51. The minimum atomic E-state index is -0.489. The summed E-state index contributed by atoms with van der Waals surface area (Å²) in [5.41, 5.74) is 3.63. The van der Waals surface area contributed by atoms with Gasteiger partial charge in [-0.3, -0.25) is 9.78 Å². The maximum absolute atomic E-state index is 13.0. The molecule has 0 radical (unpaired) electrons. The lowest BCUT2D eigenvalue weighted by Crippen LogP contribution is -2.43. The van der Waals surface area contributed by atoms with Crippen molar-refractivity contribution in [3.05, 3.63) is 58.2 Å². The SMILES string of the molecule is O=C(C1Cc2cc(Cl)cc(-c3ccnc4ccc(Cl)cc34)c2O1)N1CCCCC1. The van der Waals surface area contributed by atoms with Gasteiger partial charge in [-0.15, -0.1) is 0 Å². The van der Waals surface area contributed by atoms with Crippen molar-refractivity contribution in [2.45, 2.75) is 31.8 Å². The molecule has 1 aromatic heterocycles. The van der Waals surface area contributed by atoms with E-state index in [-0.39, 0.29) is 5.91 Å². The average molecular weight is 427 g/mol. The molecule has 0 N–H and O–H groups in total. The van der Waals surface area contributed by atoms with E-state index in [1.54, 1.807) is 6.20 Å². The van der Waals surface area contributed by atoms with E-state index in [4.69, 9.17) is 27.9 Å². The van der Waals surface area contributed by atoms with E-state index in [1.165, 1.54) is 6.42 Å². The molecule has 1 unspecified atom stereocenters. The zero-order valence-electron chi connectivity index (χ0n) is 15.8. The molecule has 1 atom stereocenters. The van der Waals surface area contributed by atoms with Crippen LogP contribution in [0.3, 0.4) is 0 Å². The first kappa shape index (κ1) is 18.7. The van der Waals surface area contributed by atoms with Gasteiger partial charge in [-0.25, -0.2) is 0 Å². The van der Waals surface area contributed by atoms with Crippen LogP contribution in [0.15, 0.2) is 42.6 Å². The molecule has 0 saturated carbocycles. The van der Waals surface area contributed by atoms with Gasteiger partial charge in [0.05, 0.1) is 5.52 Å². The predicted molar refractivity (Wildman–Crippen MR) is 116 cm³/mol. The monoisotopic (exact) mass is 426 g/mol. The second-order valence-corrected chi connectivity index (χ2v) is 8.53. The Morgan fingerprint density at radius 3 is 2.66 bits per heavy atom. The molecular weight excluding hydrogens is 407 g/mol. The number of likely N-dealkylation sites (tertiary alicyclic amines) is 1. The van der Waals surface area contributed by atoms with Crippen LogP contribution in [0, 0.1) is 0 Å². The number of carbonyl (C=O) groups excluding carboxylic acids is 1. The van der Waals surface area contributed by atoms with Crippen molar-refractivity contribution in [2.24, 2.45) is 0 Å². The minimum absolute atomic E-state index is 0.0746. The summed E-state index contributed by atoms with van der Waals surface area (Å²) in [7, 11) is 0. The number of benzene rings is 2. The Labute approximate surface area is 179 Å². The first-order valence-electron chi connectivity index (χ1n) is 9.93. The number of amides is 1. The van der Waals surface area contributed by atoms with Gasteiger partial charge in [0.1, 0.15) is 5.75 Å². The van der Waals surface area contributed by atoms with Crippen molar-refractivity contribution < 1.29 is 9.53 Å². The fourth-order valence-electron chi connectivity index (χ4n) is 4.33. The van der Waals surface area contributed by atoms with Crippen molar-refractivity contribution in [3.8, 4) is 16.9 Å². The van der Waals surface area contributed by atoms with Crippen molar-refractivity contribution in [3.63, 3.8) is 0 Å². The largest absolute Gasteiger partial charge is 0.479 e. The molecule has 0 aliphatic carbocycles. The van der Waals surface area contributed by atoms with Crippen molar-refractivity contribution >= 4 is 40.0 Å². The Morgan fingerprint density at radius 1 is 1.00 bits per heavy atom. The van der Waals surface area contributed by atoms with Gasteiger partial charge in [0, 0.05) is 52.3 Å². The number of carbonyl (C=O) groups is 1. The highest BCUT2D eigenvalue weighted by Crippen LogP contribution is 2.43. The summed E-state index contributed by atoms with van der Waals surface area (Å²) in [6, 6.07) is 11.4. The molecular formula is C23H20Cl2N2O2. The number of ether oxygens (including phenoxy) is 1. The highest BCUT2D eigenvalue weighted by Gasteiger charge is 2.35. The Balaban J connectivity index is 1.56. The molecule has 1 saturated heterocycles. The summed E-state index contributed by atoms with van der Waals surface area (Å²) in [4.78, 5) is 19.4. The number of hydrogen-bond acceptors (Lipinski definition) is 3. The number of hydrogen-bond donors (Lipinski definition) is 0. The Morgan fingerprint density at radius 2 is 1.83 bits per heavy atom. The molecule has 3 aromatic rings. The molecule has 0 bridgehead atoms. The minimum Gasteiger partial charge on any atom is -0.479 e. The number of aromatic nitrogens is 1. The number of rotatable bonds is 2. The van der Waals surface area contributed by atoms with E-state index >= 15 is 0 Å². The highest BCUT2D eigenvalue weighted by molar-refractivity contribution is 6.32. The summed E-state index contributed by atoms with van der Waals surface area (Å²) in [5, 5.41) is 2.20. The lowest BCUT2D eigenvalue weighted by Gasteiger charge is -2.28. The summed E-state index contributed by atoms with van der Waals surface area (Å²) in [6.45, 7) is 1.63. The number of halogens is 2. The van der Waals surface area contributed by atoms with Gasteiger partial charge in [-0.05, 0) is 61.2 Å². The first-order chi connectivity index (χ1) is 14.1. The van der Waals surface area contributed by atoms with Crippen molar-refractivity contribution in [1.29, 1.82) is 0 Å². The molecule has 6 heteroatoms. The maximum atomic E-state index is 13.0. The van der Waals surface area contributed by atoms with Crippen LogP contribution in [-0.4, -0.2) is 35.0 Å². The van der Waals surface area contributed by atoms with Crippen LogP contribution < -0.4 is 4.74 Å². The molecule has 2 aliphatic rings. The summed E-state index contributed by atoms with van der Waals surface area (Å²) in [6.07, 6.45) is 5.13. The lowest BCUT2D eigenvalue weighted by atomic mass is 9.97. The zero-order valence-corrected chi connectivity index (χ0v) is 17.3. The second-order valence-electron chi connectivity index (χ2n) is 7.66. The Hall–Kier alpha value is -2.30. The molecule has 1 fully saturated rings. The van der Waals surface area contributed by atoms with Gasteiger partial charge in [0.2, 0.25) is 0 Å². The van der Waals surface area contributed by atoms with Crippen molar-refractivity contribution in [2.75, 3.05) is 13.1 Å². The smallest absolute Gasteiger partial charge is 0.263 e. The fraction of sp³-hybridized carbons (Fsp3) is 0.304. The molecule has 1 amide bonds. The van der Waals surface area contributed by atoms with E-state index in [2.05, 4.69) is 4.98 Å². The van der Waals surface area contributed by atoms with E-state index in [0.717, 1.165) is 59.3 Å².